The van der Waals surface area contributed by atoms with E-state index in [2.05, 4.69) is 5.32 Å². The van der Waals surface area contributed by atoms with E-state index in [-0.39, 0.29) is 24.2 Å². The molecular weight excluding hydrogens is 325 g/mol. The average Bonchev–Trinajstić information content (AvgIpc) is 2.52. The van der Waals surface area contributed by atoms with Gasteiger partial charge in [0, 0.05) is 5.02 Å². The highest BCUT2D eigenvalue weighted by molar-refractivity contribution is 6.30. The maximum Gasteiger partial charge on any atom is 0.410 e. The summed E-state index contributed by atoms with van der Waals surface area (Å²) in [5.41, 5.74) is 0.0760. The van der Waals surface area contributed by atoms with Crippen LogP contribution in [0.5, 0.6) is 0 Å². The monoisotopic (exact) mass is 344 g/mol. The quantitative estimate of drug-likeness (QED) is 0.848. The number of ether oxygens (including phenoxy) is 1. The minimum Gasteiger partial charge on any atom is -0.450 e. The second kappa shape index (κ2) is 8.12. The van der Waals surface area contributed by atoms with Crippen LogP contribution < -0.4 is 10.2 Å². The molecule has 2 N–H and O–H groups in total. The van der Waals surface area contributed by atoms with E-state index in [0.29, 0.717) is 37.8 Å². The van der Waals surface area contributed by atoms with E-state index in [0.717, 1.165) is 4.90 Å². The molecule has 0 aliphatic carbocycles. The molecule has 126 valence electrons. The van der Waals surface area contributed by atoms with Gasteiger partial charge in [-0.2, -0.15) is 0 Å². The lowest BCUT2D eigenvalue weighted by molar-refractivity contribution is -0.895. The third-order valence-electron chi connectivity index (χ3n) is 3.61. The molecule has 2 rings (SSSR count). The number of nitrogens with one attached hydrogen (secondary N) is 2. The van der Waals surface area contributed by atoms with Crippen LogP contribution in [0.4, 0.5) is 14.9 Å². The largest absolute Gasteiger partial charge is 0.450 e. The van der Waals surface area contributed by atoms with Crippen molar-refractivity contribution in [2.45, 2.75) is 6.92 Å². The molecule has 1 saturated heterocycles. The van der Waals surface area contributed by atoms with E-state index in [4.69, 9.17) is 16.3 Å². The van der Waals surface area contributed by atoms with E-state index in [1.807, 2.05) is 0 Å². The van der Waals surface area contributed by atoms with Crippen molar-refractivity contribution in [1.82, 2.24) is 4.90 Å². The summed E-state index contributed by atoms with van der Waals surface area (Å²) in [6, 6.07) is 4.01. The Balaban J connectivity index is 1.81. The smallest absolute Gasteiger partial charge is 0.410 e. The summed E-state index contributed by atoms with van der Waals surface area (Å²) in [5.74, 6) is -0.810. The first-order chi connectivity index (χ1) is 11.0. The Morgan fingerprint density at radius 2 is 2.09 bits per heavy atom. The Morgan fingerprint density at radius 1 is 1.39 bits per heavy atom. The van der Waals surface area contributed by atoms with Crippen molar-refractivity contribution in [3.05, 3.63) is 29.0 Å². The molecule has 1 aliphatic rings. The third kappa shape index (κ3) is 5.07. The first-order valence-electron chi connectivity index (χ1n) is 7.49. The van der Waals surface area contributed by atoms with Crippen LogP contribution in [0.25, 0.3) is 0 Å². The molecule has 0 radical (unpaired) electrons. The molecule has 8 heteroatoms. The molecule has 1 fully saturated rings. The number of quaternary nitrogens is 1. The minimum atomic E-state index is -0.523. The van der Waals surface area contributed by atoms with Gasteiger partial charge in [-0.15, -0.1) is 0 Å². The van der Waals surface area contributed by atoms with Gasteiger partial charge in [0.25, 0.3) is 5.91 Å². The molecule has 0 unspecified atom stereocenters. The third-order valence-corrected chi connectivity index (χ3v) is 3.84. The second-order valence-electron chi connectivity index (χ2n) is 5.29. The molecule has 1 aromatic carbocycles. The number of carbonyl (C=O) groups is 2. The average molecular weight is 345 g/mol. The Hall–Kier alpha value is -1.86. The lowest BCUT2D eigenvalue weighted by Crippen LogP contribution is -3.15. The van der Waals surface area contributed by atoms with Gasteiger partial charge < -0.3 is 15.0 Å². The summed E-state index contributed by atoms with van der Waals surface area (Å²) in [6.45, 7) is 4.68. The normalized spacial score (nSPS) is 15.3. The van der Waals surface area contributed by atoms with Gasteiger partial charge >= 0.3 is 6.09 Å². The Labute approximate surface area is 139 Å². The number of carbonyl (C=O) groups excluding carboxylic acids is 2. The molecule has 0 spiro atoms. The molecule has 0 saturated carbocycles. The van der Waals surface area contributed by atoms with E-state index in [1.54, 1.807) is 11.8 Å². The molecular formula is C15H20ClFN3O3+. The van der Waals surface area contributed by atoms with Gasteiger partial charge in [0.15, 0.2) is 6.54 Å². The summed E-state index contributed by atoms with van der Waals surface area (Å²) in [5, 5.41) is 2.89. The van der Waals surface area contributed by atoms with Crippen molar-refractivity contribution in [2.24, 2.45) is 0 Å². The fourth-order valence-electron chi connectivity index (χ4n) is 2.41. The number of anilines is 1. The van der Waals surface area contributed by atoms with Crippen molar-refractivity contribution in [2.75, 3.05) is 44.6 Å². The van der Waals surface area contributed by atoms with Crippen LogP contribution in [0.3, 0.4) is 0 Å². The molecule has 23 heavy (non-hydrogen) atoms. The Morgan fingerprint density at radius 3 is 2.74 bits per heavy atom. The zero-order valence-electron chi connectivity index (χ0n) is 12.9. The fourth-order valence-corrected chi connectivity index (χ4v) is 2.58. The van der Waals surface area contributed by atoms with Gasteiger partial charge in [-0.05, 0) is 25.1 Å². The molecule has 2 amide bonds. The Bertz CT molecular complexity index is 577. The first kappa shape index (κ1) is 17.5. The van der Waals surface area contributed by atoms with Gasteiger partial charge in [-0.3, -0.25) is 9.69 Å². The zero-order valence-corrected chi connectivity index (χ0v) is 13.7. The molecule has 0 bridgehead atoms. The second-order valence-corrected chi connectivity index (χ2v) is 5.72. The van der Waals surface area contributed by atoms with Crippen molar-refractivity contribution in [3.8, 4) is 0 Å². The maximum atomic E-state index is 13.6. The van der Waals surface area contributed by atoms with Crippen LogP contribution in [-0.4, -0.2) is 56.2 Å². The van der Waals surface area contributed by atoms with E-state index in [9.17, 15) is 14.0 Å². The number of amides is 2. The van der Waals surface area contributed by atoms with Gasteiger partial charge in [0.2, 0.25) is 0 Å². The maximum absolute atomic E-state index is 13.6. The predicted octanol–water partition coefficient (Wildman–Crippen LogP) is 0.775. The van der Waals surface area contributed by atoms with E-state index in [1.165, 1.54) is 18.2 Å². The van der Waals surface area contributed by atoms with Crippen LogP contribution in [-0.2, 0) is 9.53 Å². The number of piperazine rings is 1. The highest BCUT2D eigenvalue weighted by atomic mass is 35.5. The summed E-state index contributed by atoms with van der Waals surface area (Å²) >= 11 is 5.79. The molecule has 1 aromatic rings. The van der Waals surface area contributed by atoms with E-state index >= 15 is 0 Å². The van der Waals surface area contributed by atoms with Crippen LogP contribution in [0, 0.1) is 5.82 Å². The molecule has 0 atom stereocenters. The molecule has 1 aliphatic heterocycles. The standard InChI is InChI=1S/C15H19ClFN3O3/c1-2-23-15(22)20-7-5-19(6-8-20)10-14(21)18-13-9-11(16)3-4-12(13)17/h3-4,9H,2,5-8,10H2,1H3,(H,18,21)/p+1. The van der Waals surface area contributed by atoms with Gasteiger partial charge in [0.1, 0.15) is 5.82 Å². The van der Waals surface area contributed by atoms with E-state index < -0.39 is 5.82 Å². The summed E-state index contributed by atoms with van der Waals surface area (Å²) in [6.07, 6.45) is -0.322. The predicted molar refractivity (Wildman–Crippen MR) is 84.2 cm³/mol. The zero-order chi connectivity index (χ0) is 16.8. The number of hydrogen-bond donors (Lipinski definition) is 2. The van der Waals surface area contributed by atoms with Crippen molar-refractivity contribution in [1.29, 1.82) is 0 Å². The number of halogens is 2. The Kier molecular flexibility index (Phi) is 6.18. The van der Waals surface area contributed by atoms with Crippen LogP contribution >= 0.6 is 11.6 Å². The topological polar surface area (TPSA) is 63.1 Å². The number of hydrogen-bond acceptors (Lipinski definition) is 3. The molecule has 6 nitrogen and oxygen atoms in total. The van der Waals surface area contributed by atoms with Crippen molar-refractivity contribution >= 4 is 29.3 Å². The molecule has 1 heterocycles. The van der Waals surface area contributed by atoms with Gasteiger partial charge in [-0.25, -0.2) is 9.18 Å². The first-order valence-corrected chi connectivity index (χ1v) is 7.87. The lowest BCUT2D eigenvalue weighted by atomic mass is 10.3. The van der Waals surface area contributed by atoms with Crippen LogP contribution in [0.15, 0.2) is 18.2 Å². The highest BCUT2D eigenvalue weighted by Gasteiger charge is 2.26. The lowest BCUT2D eigenvalue weighted by Gasteiger charge is -2.31. The SMILES string of the molecule is CCOC(=O)N1CC[NH+](CC(=O)Nc2cc(Cl)ccc2F)CC1. The number of rotatable bonds is 4. The van der Waals surface area contributed by atoms with Gasteiger partial charge in [-0.1, -0.05) is 11.6 Å². The highest BCUT2D eigenvalue weighted by Crippen LogP contribution is 2.19. The molecule has 0 aromatic heterocycles. The summed E-state index contributed by atoms with van der Waals surface area (Å²) < 4.78 is 18.5. The van der Waals surface area contributed by atoms with Crippen LogP contribution in [0.1, 0.15) is 6.92 Å². The summed E-state index contributed by atoms with van der Waals surface area (Å²) in [7, 11) is 0. The summed E-state index contributed by atoms with van der Waals surface area (Å²) in [4.78, 5) is 26.3. The van der Waals surface area contributed by atoms with Gasteiger partial charge in [0.05, 0.1) is 38.5 Å². The number of nitrogens with zero attached hydrogens (tertiary/aromatic N) is 1. The minimum absolute atomic E-state index is 0.0760. The van der Waals surface area contributed by atoms with Crippen LogP contribution in [0.2, 0.25) is 5.02 Å². The van der Waals surface area contributed by atoms with Crippen molar-refractivity contribution < 1.29 is 23.6 Å². The van der Waals surface area contributed by atoms with Crippen molar-refractivity contribution in [3.63, 3.8) is 0 Å². The number of benzene rings is 1. The fraction of sp³-hybridized carbons (Fsp3) is 0.467.